The van der Waals surface area contributed by atoms with Gasteiger partial charge in [0.15, 0.2) is 5.84 Å². The van der Waals surface area contributed by atoms with Crippen molar-refractivity contribution in [2.24, 2.45) is 4.99 Å². The second-order valence-corrected chi connectivity index (χ2v) is 7.43. The number of aliphatic imine (C=N–C) groups is 1. The third kappa shape index (κ3) is 7.13. The van der Waals surface area contributed by atoms with Gasteiger partial charge in [0.2, 0.25) is 0 Å². The number of rotatable bonds is 7. The summed E-state index contributed by atoms with van der Waals surface area (Å²) in [5, 5.41) is 10.9. The summed E-state index contributed by atoms with van der Waals surface area (Å²) in [6.07, 6.45) is 3.81. The summed E-state index contributed by atoms with van der Waals surface area (Å²) in [7, 11) is 0. The average Bonchev–Trinajstić information content (AvgIpc) is 3.50. The fourth-order valence-corrected chi connectivity index (χ4v) is 2.98. The van der Waals surface area contributed by atoms with Gasteiger partial charge >= 0.3 is 0 Å². The zero-order chi connectivity index (χ0) is 20.5. The first-order valence-corrected chi connectivity index (χ1v) is 10.3. The summed E-state index contributed by atoms with van der Waals surface area (Å²) in [6.45, 7) is 10.6. The van der Waals surface area contributed by atoms with Gasteiger partial charge in [0.25, 0.3) is 0 Å². The van der Waals surface area contributed by atoms with E-state index in [-0.39, 0.29) is 5.84 Å². The Hall–Kier alpha value is -2.11. The van der Waals surface area contributed by atoms with Gasteiger partial charge in [-0.05, 0) is 76.1 Å². The molecule has 4 nitrogen and oxygen atoms in total. The second-order valence-electron chi connectivity index (χ2n) is 7.17. The number of benzene rings is 2. The minimum atomic E-state index is 0.227. The molecule has 0 saturated heterocycles. The highest BCUT2D eigenvalue weighted by Crippen LogP contribution is 2.24. The van der Waals surface area contributed by atoms with Crippen molar-refractivity contribution in [3.05, 3.63) is 64.2 Å². The van der Waals surface area contributed by atoms with Crippen LogP contribution < -0.4 is 10.1 Å². The first-order chi connectivity index (χ1) is 13.4. The minimum absolute atomic E-state index is 0.227. The highest BCUT2D eigenvalue weighted by molar-refractivity contribution is 7.80. The number of hydrogen-bond donors (Lipinski definition) is 3. The van der Waals surface area contributed by atoms with E-state index in [1.165, 1.54) is 35.1 Å². The predicted octanol–water partition coefficient (Wildman–Crippen LogP) is 4.89. The van der Waals surface area contributed by atoms with Gasteiger partial charge in [-0.3, -0.25) is 5.41 Å². The third-order valence-electron chi connectivity index (χ3n) is 4.74. The van der Waals surface area contributed by atoms with Crippen LogP contribution in [0.2, 0.25) is 0 Å². The van der Waals surface area contributed by atoms with E-state index >= 15 is 0 Å². The molecule has 1 aliphatic carbocycles. The summed E-state index contributed by atoms with van der Waals surface area (Å²) in [5.74, 6) is 1.62. The largest absolute Gasteiger partial charge is 0.483 e. The van der Waals surface area contributed by atoms with Crippen LogP contribution in [0.3, 0.4) is 0 Å². The van der Waals surface area contributed by atoms with Crippen LogP contribution in [0, 0.1) is 26.2 Å². The van der Waals surface area contributed by atoms with E-state index in [1.807, 2.05) is 31.2 Å². The maximum atomic E-state index is 7.32. The normalized spacial score (nSPS) is 12.7. The van der Waals surface area contributed by atoms with Gasteiger partial charge < -0.3 is 10.1 Å². The molecule has 2 N–H and O–H groups in total. The second kappa shape index (κ2) is 11.0. The van der Waals surface area contributed by atoms with Gasteiger partial charge in [0, 0.05) is 11.6 Å². The first-order valence-electron chi connectivity index (χ1n) is 9.64. The topological polar surface area (TPSA) is 57.5 Å². The van der Waals surface area contributed by atoms with E-state index in [0.717, 1.165) is 30.3 Å². The molecular formula is C23H31N3OS. The molecule has 0 radical (unpaired) electrons. The quantitative estimate of drug-likeness (QED) is 0.270. The van der Waals surface area contributed by atoms with E-state index in [9.17, 15) is 0 Å². The molecule has 0 atom stereocenters. The first kappa shape index (κ1) is 22.2. The van der Waals surface area contributed by atoms with Gasteiger partial charge in [-0.15, -0.1) is 12.6 Å². The summed E-state index contributed by atoms with van der Waals surface area (Å²) in [5.41, 5.74) is 5.93. The van der Waals surface area contributed by atoms with Crippen LogP contribution >= 0.6 is 12.6 Å². The lowest BCUT2D eigenvalue weighted by molar-refractivity contribution is 0.391. The standard InChI is InChI=1S/C14H21NOS.C9H10N2/c1-10-8-14(16-9-17)11(2)7-12(10)5-6-15-13-3-4-13;1-7-3-5-8(6-4-7)9(10)11-2/h7-8,13,15,17H,3-6,9H2,1-2H3;3-6,10H,2H2,1H3. The van der Waals surface area contributed by atoms with Gasteiger partial charge in [0.1, 0.15) is 11.7 Å². The molecule has 5 heteroatoms. The highest BCUT2D eigenvalue weighted by atomic mass is 32.1. The smallest absolute Gasteiger partial charge is 0.151 e. The molecule has 0 aliphatic heterocycles. The Morgan fingerprint density at radius 1 is 1.18 bits per heavy atom. The molecule has 0 amide bonds. The van der Waals surface area contributed by atoms with Gasteiger partial charge in [0.05, 0.1) is 0 Å². The number of thiol groups is 1. The van der Waals surface area contributed by atoms with Crippen molar-refractivity contribution >= 4 is 25.2 Å². The van der Waals surface area contributed by atoms with E-state index in [0.29, 0.717) is 5.94 Å². The number of amidine groups is 1. The fourth-order valence-electron chi connectivity index (χ4n) is 2.85. The van der Waals surface area contributed by atoms with Crippen LogP contribution in [0.1, 0.15) is 40.7 Å². The van der Waals surface area contributed by atoms with E-state index in [1.54, 1.807) is 0 Å². The Morgan fingerprint density at radius 3 is 2.43 bits per heavy atom. The molecule has 0 heterocycles. The van der Waals surface area contributed by atoms with E-state index in [2.05, 4.69) is 55.6 Å². The molecule has 3 rings (SSSR count). The number of ether oxygens (including phenoxy) is 1. The number of aryl methyl sites for hydroxylation is 3. The molecule has 1 fully saturated rings. The molecule has 2 aromatic carbocycles. The molecule has 2 aromatic rings. The van der Waals surface area contributed by atoms with Crippen molar-refractivity contribution in [2.45, 2.75) is 46.1 Å². The number of nitrogens with one attached hydrogen (secondary N) is 2. The summed E-state index contributed by atoms with van der Waals surface area (Å²) in [4.78, 5) is 3.52. The summed E-state index contributed by atoms with van der Waals surface area (Å²) >= 11 is 4.09. The van der Waals surface area contributed by atoms with Crippen molar-refractivity contribution in [1.29, 1.82) is 5.41 Å². The molecule has 28 heavy (non-hydrogen) atoms. The van der Waals surface area contributed by atoms with Crippen LogP contribution in [0.4, 0.5) is 0 Å². The maximum Gasteiger partial charge on any atom is 0.151 e. The molecule has 1 saturated carbocycles. The lowest BCUT2D eigenvalue weighted by atomic mass is 10.0. The van der Waals surface area contributed by atoms with Gasteiger partial charge in [-0.2, -0.15) is 0 Å². The zero-order valence-corrected chi connectivity index (χ0v) is 18.0. The molecule has 0 unspecified atom stereocenters. The Kier molecular flexibility index (Phi) is 8.74. The fraction of sp³-hybridized carbons (Fsp3) is 0.391. The van der Waals surface area contributed by atoms with Crippen molar-refractivity contribution < 1.29 is 4.74 Å². The van der Waals surface area contributed by atoms with Crippen molar-refractivity contribution in [3.63, 3.8) is 0 Å². The van der Waals surface area contributed by atoms with Crippen LogP contribution in [0.5, 0.6) is 5.75 Å². The Balaban J connectivity index is 0.000000221. The van der Waals surface area contributed by atoms with Crippen molar-refractivity contribution in [1.82, 2.24) is 5.32 Å². The Morgan fingerprint density at radius 2 is 1.86 bits per heavy atom. The van der Waals surface area contributed by atoms with E-state index in [4.69, 9.17) is 10.1 Å². The van der Waals surface area contributed by atoms with Gasteiger partial charge in [-0.25, -0.2) is 4.99 Å². The Labute approximate surface area is 174 Å². The van der Waals surface area contributed by atoms with Crippen molar-refractivity contribution in [2.75, 3.05) is 12.5 Å². The predicted molar refractivity (Wildman–Crippen MR) is 123 cm³/mol. The van der Waals surface area contributed by atoms with Crippen molar-refractivity contribution in [3.8, 4) is 5.75 Å². The monoisotopic (exact) mass is 397 g/mol. The average molecular weight is 398 g/mol. The van der Waals surface area contributed by atoms with E-state index < -0.39 is 0 Å². The molecular weight excluding hydrogens is 366 g/mol. The Bertz CT molecular complexity index is 798. The maximum absolute atomic E-state index is 7.32. The van der Waals surface area contributed by atoms with Gasteiger partial charge in [-0.1, -0.05) is 35.9 Å². The molecule has 0 bridgehead atoms. The number of hydrogen-bond acceptors (Lipinski definition) is 4. The molecule has 0 spiro atoms. The van der Waals surface area contributed by atoms with Crippen LogP contribution in [0.15, 0.2) is 41.4 Å². The molecule has 0 aromatic heterocycles. The lowest BCUT2D eigenvalue weighted by Crippen LogP contribution is -2.19. The lowest BCUT2D eigenvalue weighted by Gasteiger charge is -2.12. The zero-order valence-electron chi connectivity index (χ0n) is 17.1. The number of nitrogens with zero attached hydrogens (tertiary/aromatic N) is 1. The van der Waals surface area contributed by atoms with Crippen LogP contribution in [-0.2, 0) is 6.42 Å². The highest BCUT2D eigenvalue weighted by Gasteiger charge is 2.19. The summed E-state index contributed by atoms with van der Waals surface area (Å²) < 4.78 is 5.47. The van der Waals surface area contributed by atoms with Crippen LogP contribution in [0.25, 0.3) is 0 Å². The SMILES string of the molecule is C=NC(=N)c1ccc(C)cc1.Cc1cc(OCS)c(C)cc1CCNC1CC1. The van der Waals surface area contributed by atoms with Crippen LogP contribution in [-0.4, -0.2) is 31.1 Å². The minimum Gasteiger partial charge on any atom is -0.483 e. The molecule has 1 aliphatic rings. The third-order valence-corrected chi connectivity index (χ3v) is 4.87. The summed E-state index contributed by atoms with van der Waals surface area (Å²) in [6, 6.07) is 12.8. The molecule has 150 valence electrons.